The lowest BCUT2D eigenvalue weighted by Gasteiger charge is -2.36. The van der Waals surface area contributed by atoms with Crippen molar-refractivity contribution < 1.29 is 19.2 Å². The average molecular weight is 385 g/mol. The molecule has 1 aliphatic rings. The summed E-state index contributed by atoms with van der Waals surface area (Å²) in [6.07, 6.45) is 0. The largest absolute Gasteiger partial charge is 0.497 e. The number of aromatic amines is 1. The van der Waals surface area contributed by atoms with E-state index in [-0.39, 0.29) is 17.6 Å². The highest BCUT2D eigenvalue weighted by Crippen LogP contribution is 2.21. The Balaban J connectivity index is 1.68. The highest BCUT2D eigenvalue weighted by atomic mass is 16.5. The SMILES string of the molecule is COc1cccc(N2CC[NH+]([C@@H](C)C(=O)c3[nH]c(C)c(C(C)=O)c3C)CC2)c1. The van der Waals surface area contributed by atoms with E-state index in [1.54, 1.807) is 14.0 Å². The van der Waals surface area contributed by atoms with Crippen LogP contribution in [0.25, 0.3) is 0 Å². The number of nitrogens with one attached hydrogen (secondary N) is 2. The van der Waals surface area contributed by atoms with Gasteiger partial charge in [-0.1, -0.05) is 6.07 Å². The van der Waals surface area contributed by atoms with Crippen molar-refractivity contribution in [3.05, 3.63) is 46.8 Å². The van der Waals surface area contributed by atoms with Gasteiger partial charge in [0.25, 0.3) is 0 Å². The molecular formula is C22H30N3O3+. The number of ether oxygens (including phenoxy) is 1. The molecule has 1 aromatic heterocycles. The van der Waals surface area contributed by atoms with E-state index >= 15 is 0 Å². The first-order valence-corrected chi connectivity index (χ1v) is 9.81. The third-order valence-corrected chi connectivity index (χ3v) is 5.87. The van der Waals surface area contributed by atoms with Gasteiger partial charge in [-0.3, -0.25) is 9.59 Å². The molecule has 1 aliphatic heterocycles. The molecule has 0 spiro atoms. The van der Waals surface area contributed by atoms with Gasteiger partial charge in [0.15, 0.2) is 11.8 Å². The van der Waals surface area contributed by atoms with E-state index < -0.39 is 0 Å². The summed E-state index contributed by atoms with van der Waals surface area (Å²) in [5.74, 6) is 0.935. The first kappa shape index (κ1) is 20.1. The molecule has 6 nitrogen and oxygen atoms in total. The van der Waals surface area contributed by atoms with Crippen molar-refractivity contribution in [3.63, 3.8) is 0 Å². The Morgan fingerprint density at radius 1 is 1.21 bits per heavy atom. The number of carbonyl (C=O) groups is 2. The first-order valence-electron chi connectivity index (χ1n) is 9.81. The number of H-pyrrole nitrogens is 1. The van der Waals surface area contributed by atoms with E-state index in [9.17, 15) is 9.59 Å². The molecule has 1 aromatic carbocycles. The predicted octanol–water partition coefficient (Wildman–Crippen LogP) is 1.82. The number of anilines is 1. The van der Waals surface area contributed by atoms with Gasteiger partial charge >= 0.3 is 0 Å². The average Bonchev–Trinajstić information content (AvgIpc) is 3.01. The highest BCUT2D eigenvalue weighted by Gasteiger charge is 2.32. The number of piperazine rings is 1. The number of hydrogen-bond acceptors (Lipinski definition) is 4. The van der Waals surface area contributed by atoms with Crippen molar-refractivity contribution in [2.75, 3.05) is 38.2 Å². The van der Waals surface area contributed by atoms with Gasteiger partial charge in [0.1, 0.15) is 5.75 Å². The quantitative estimate of drug-likeness (QED) is 0.746. The second-order valence-corrected chi connectivity index (χ2v) is 7.61. The van der Waals surface area contributed by atoms with Crippen molar-refractivity contribution in [3.8, 4) is 5.75 Å². The molecular weight excluding hydrogens is 354 g/mol. The molecule has 0 bridgehead atoms. The number of aromatic nitrogens is 1. The van der Waals surface area contributed by atoms with Crippen LogP contribution in [0.2, 0.25) is 0 Å². The summed E-state index contributed by atoms with van der Waals surface area (Å²) in [4.78, 5) is 31.7. The maximum absolute atomic E-state index is 13.1. The van der Waals surface area contributed by atoms with Gasteiger partial charge in [0.05, 0.1) is 39.0 Å². The summed E-state index contributed by atoms with van der Waals surface area (Å²) in [6, 6.07) is 7.94. The van der Waals surface area contributed by atoms with Gasteiger partial charge in [0.2, 0.25) is 5.78 Å². The van der Waals surface area contributed by atoms with E-state index in [1.165, 1.54) is 4.90 Å². The van der Waals surface area contributed by atoms with Crippen molar-refractivity contribution in [1.29, 1.82) is 0 Å². The van der Waals surface area contributed by atoms with Crippen LogP contribution in [-0.4, -0.2) is 55.9 Å². The third-order valence-electron chi connectivity index (χ3n) is 5.87. The van der Waals surface area contributed by atoms with Crippen LogP contribution < -0.4 is 14.5 Å². The molecule has 0 unspecified atom stereocenters. The number of ketones is 2. The number of quaternary nitrogens is 1. The number of benzene rings is 1. The minimum atomic E-state index is -0.149. The highest BCUT2D eigenvalue weighted by molar-refractivity contribution is 6.04. The molecule has 1 fully saturated rings. The molecule has 1 atom stereocenters. The lowest BCUT2D eigenvalue weighted by molar-refractivity contribution is -0.914. The Morgan fingerprint density at radius 2 is 1.89 bits per heavy atom. The summed E-state index contributed by atoms with van der Waals surface area (Å²) in [5, 5.41) is 0. The Kier molecular flexibility index (Phi) is 5.89. The van der Waals surface area contributed by atoms with Crippen LogP contribution in [0, 0.1) is 13.8 Å². The second kappa shape index (κ2) is 8.19. The normalized spacial score (nSPS) is 16.1. The first-order chi connectivity index (χ1) is 13.3. The molecule has 3 rings (SSSR count). The van der Waals surface area contributed by atoms with E-state index in [4.69, 9.17) is 4.74 Å². The zero-order valence-corrected chi connectivity index (χ0v) is 17.4. The number of carbonyl (C=O) groups excluding carboxylic acids is 2. The molecule has 0 radical (unpaired) electrons. The number of nitrogens with zero attached hydrogens (tertiary/aromatic N) is 1. The van der Waals surface area contributed by atoms with E-state index in [0.29, 0.717) is 11.3 Å². The van der Waals surface area contributed by atoms with Crippen molar-refractivity contribution in [2.24, 2.45) is 0 Å². The maximum Gasteiger partial charge on any atom is 0.235 e. The van der Waals surface area contributed by atoms with E-state index in [0.717, 1.165) is 48.9 Å². The molecule has 6 heteroatoms. The van der Waals surface area contributed by atoms with Crippen LogP contribution in [-0.2, 0) is 0 Å². The topological polar surface area (TPSA) is 66.8 Å². The molecule has 2 N–H and O–H groups in total. The predicted molar refractivity (Wildman–Crippen MR) is 110 cm³/mol. The van der Waals surface area contributed by atoms with E-state index in [1.807, 2.05) is 39.0 Å². The maximum atomic E-state index is 13.1. The summed E-state index contributed by atoms with van der Waals surface area (Å²) in [5.41, 5.74) is 3.93. The van der Waals surface area contributed by atoms with Crippen molar-refractivity contribution in [1.82, 2.24) is 4.98 Å². The molecule has 2 aromatic rings. The fourth-order valence-electron chi connectivity index (χ4n) is 4.22. The molecule has 0 amide bonds. The smallest absolute Gasteiger partial charge is 0.235 e. The lowest BCUT2D eigenvalue weighted by Crippen LogP contribution is -3.18. The van der Waals surface area contributed by atoms with Gasteiger partial charge in [-0.05, 0) is 45.4 Å². The summed E-state index contributed by atoms with van der Waals surface area (Å²) in [7, 11) is 1.68. The van der Waals surface area contributed by atoms with Gasteiger partial charge in [-0.15, -0.1) is 0 Å². The van der Waals surface area contributed by atoms with Crippen LogP contribution in [0.3, 0.4) is 0 Å². The molecule has 150 valence electrons. The summed E-state index contributed by atoms with van der Waals surface area (Å²) in [6.45, 7) is 10.8. The van der Waals surface area contributed by atoms with Gasteiger partial charge < -0.3 is 19.5 Å². The standard InChI is InChI=1S/C22H29N3O3/c1-14-20(17(4)26)15(2)23-21(14)22(27)16(3)24-9-11-25(12-10-24)18-7-6-8-19(13-18)28-5/h6-8,13,16,23H,9-12H2,1-5H3/p+1/t16-/m0/s1. The van der Waals surface area contributed by atoms with E-state index in [2.05, 4.69) is 16.0 Å². The van der Waals surface area contributed by atoms with Crippen LogP contribution in [0.4, 0.5) is 5.69 Å². The van der Waals surface area contributed by atoms with Crippen molar-refractivity contribution in [2.45, 2.75) is 33.7 Å². The minimum Gasteiger partial charge on any atom is -0.497 e. The van der Waals surface area contributed by atoms with Crippen molar-refractivity contribution >= 4 is 17.3 Å². The second-order valence-electron chi connectivity index (χ2n) is 7.61. The van der Waals surface area contributed by atoms with Crippen LogP contribution in [0.5, 0.6) is 5.75 Å². The number of Topliss-reactive ketones (excluding diaryl/α,β-unsaturated/α-hetero) is 2. The fraction of sp³-hybridized carbons (Fsp3) is 0.455. The summed E-state index contributed by atoms with van der Waals surface area (Å²) < 4.78 is 5.32. The van der Waals surface area contributed by atoms with Gasteiger partial charge in [0, 0.05) is 23.0 Å². The minimum absolute atomic E-state index is 0.00259. The number of rotatable bonds is 6. The monoisotopic (exact) mass is 384 g/mol. The number of aryl methyl sites for hydroxylation is 1. The fourth-order valence-corrected chi connectivity index (χ4v) is 4.22. The Morgan fingerprint density at radius 3 is 2.46 bits per heavy atom. The third kappa shape index (κ3) is 3.83. The molecule has 0 saturated carbocycles. The number of methoxy groups -OCH3 is 1. The Bertz CT molecular complexity index is 879. The van der Waals surface area contributed by atoms with Crippen LogP contribution in [0.15, 0.2) is 24.3 Å². The van der Waals surface area contributed by atoms with Crippen LogP contribution in [0.1, 0.15) is 46.0 Å². The zero-order chi connectivity index (χ0) is 20.4. The van der Waals surface area contributed by atoms with Gasteiger partial charge in [-0.2, -0.15) is 0 Å². The van der Waals surface area contributed by atoms with Crippen LogP contribution >= 0.6 is 0 Å². The molecule has 28 heavy (non-hydrogen) atoms. The lowest BCUT2D eigenvalue weighted by atomic mass is 10.0. The molecule has 2 heterocycles. The summed E-state index contributed by atoms with van der Waals surface area (Å²) >= 11 is 0. The zero-order valence-electron chi connectivity index (χ0n) is 17.4. The molecule has 1 saturated heterocycles. The van der Waals surface area contributed by atoms with Gasteiger partial charge in [-0.25, -0.2) is 0 Å². The molecule has 0 aliphatic carbocycles. The number of hydrogen-bond donors (Lipinski definition) is 2. The Hall–Kier alpha value is -2.60. The Labute approximate surface area is 166 Å².